The number of para-hydroxylation sites is 1. The lowest BCUT2D eigenvalue weighted by Crippen LogP contribution is -2.26. The van der Waals surface area contributed by atoms with Crippen LogP contribution in [0.4, 0.5) is 5.69 Å². The third-order valence-corrected chi connectivity index (χ3v) is 4.16. The fraction of sp³-hybridized carbons (Fsp3) is 0.625. The lowest BCUT2D eigenvalue weighted by Gasteiger charge is -2.25. The standard InChI is InChI=1S/C16H26N2O/c1-4-17-12(2)15-7-5-6-8-16(15)18-10-9-14(11-18)13(3)19/h5-8,12-14,17,19H,4,9-11H2,1-3H3. The molecule has 0 radical (unpaired) electrons. The smallest absolute Gasteiger partial charge is 0.0557 e. The Hall–Kier alpha value is -1.06. The van der Waals surface area contributed by atoms with Crippen LogP contribution in [-0.2, 0) is 0 Å². The van der Waals surface area contributed by atoms with E-state index in [4.69, 9.17) is 0 Å². The van der Waals surface area contributed by atoms with Crippen molar-refractivity contribution >= 4 is 5.69 Å². The van der Waals surface area contributed by atoms with E-state index in [1.165, 1.54) is 11.3 Å². The molecule has 3 nitrogen and oxygen atoms in total. The minimum absolute atomic E-state index is 0.205. The first-order valence-electron chi connectivity index (χ1n) is 7.38. The number of nitrogens with one attached hydrogen (secondary N) is 1. The molecule has 1 aromatic carbocycles. The molecule has 0 aliphatic carbocycles. The van der Waals surface area contributed by atoms with E-state index in [1.54, 1.807) is 0 Å². The first kappa shape index (κ1) is 14.4. The summed E-state index contributed by atoms with van der Waals surface area (Å²) in [5, 5.41) is 13.2. The van der Waals surface area contributed by atoms with Crippen molar-refractivity contribution in [3.05, 3.63) is 29.8 Å². The molecule has 1 fully saturated rings. The van der Waals surface area contributed by atoms with Gasteiger partial charge in [0.2, 0.25) is 0 Å². The van der Waals surface area contributed by atoms with Gasteiger partial charge in [0.1, 0.15) is 0 Å². The molecule has 1 aliphatic rings. The fourth-order valence-corrected chi connectivity index (χ4v) is 2.96. The molecule has 0 aromatic heterocycles. The Bertz CT molecular complexity index is 405. The first-order valence-corrected chi connectivity index (χ1v) is 7.38. The maximum absolute atomic E-state index is 9.74. The minimum atomic E-state index is -0.205. The second kappa shape index (κ2) is 6.40. The van der Waals surface area contributed by atoms with Gasteiger partial charge in [0.25, 0.3) is 0 Å². The van der Waals surface area contributed by atoms with Gasteiger partial charge in [-0.25, -0.2) is 0 Å². The summed E-state index contributed by atoms with van der Waals surface area (Å²) in [7, 11) is 0. The predicted octanol–water partition coefficient (Wildman–Crippen LogP) is 2.56. The fourth-order valence-electron chi connectivity index (χ4n) is 2.96. The Morgan fingerprint density at radius 2 is 2.11 bits per heavy atom. The number of rotatable bonds is 5. The van der Waals surface area contributed by atoms with Crippen molar-refractivity contribution < 1.29 is 5.11 Å². The molecule has 0 spiro atoms. The normalized spacial score (nSPS) is 22.5. The first-order chi connectivity index (χ1) is 9.13. The summed E-state index contributed by atoms with van der Waals surface area (Å²) in [6, 6.07) is 8.99. The zero-order valence-corrected chi connectivity index (χ0v) is 12.3. The molecule has 3 atom stereocenters. The highest BCUT2D eigenvalue weighted by molar-refractivity contribution is 5.55. The highest BCUT2D eigenvalue weighted by Crippen LogP contribution is 2.31. The monoisotopic (exact) mass is 262 g/mol. The molecule has 2 N–H and O–H groups in total. The van der Waals surface area contributed by atoms with Gasteiger partial charge in [0.15, 0.2) is 0 Å². The molecule has 1 aliphatic heterocycles. The zero-order valence-electron chi connectivity index (χ0n) is 12.3. The van der Waals surface area contributed by atoms with Crippen molar-refractivity contribution in [2.24, 2.45) is 5.92 Å². The molecule has 3 unspecified atom stereocenters. The highest BCUT2D eigenvalue weighted by atomic mass is 16.3. The van der Waals surface area contributed by atoms with Crippen molar-refractivity contribution in [3.8, 4) is 0 Å². The molecule has 1 heterocycles. The number of benzene rings is 1. The largest absolute Gasteiger partial charge is 0.393 e. The van der Waals surface area contributed by atoms with Gasteiger partial charge in [0, 0.05) is 30.7 Å². The molecule has 19 heavy (non-hydrogen) atoms. The molecular formula is C16H26N2O. The Kier molecular flexibility index (Phi) is 4.83. The van der Waals surface area contributed by atoms with Crippen molar-refractivity contribution in [3.63, 3.8) is 0 Å². The molecular weight excluding hydrogens is 236 g/mol. The lowest BCUT2D eigenvalue weighted by molar-refractivity contribution is 0.136. The van der Waals surface area contributed by atoms with Crippen LogP contribution in [0.15, 0.2) is 24.3 Å². The maximum atomic E-state index is 9.74. The summed E-state index contributed by atoms with van der Waals surface area (Å²) < 4.78 is 0. The molecule has 1 saturated heterocycles. The third-order valence-electron chi connectivity index (χ3n) is 4.16. The van der Waals surface area contributed by atoms with E-state index in [-0.39, 0.29) is 6.10 Å². The summed E-state index contributed by atoms with van der Waals surface area (Å²) in [5.74, 6) is 0.405. The van der Waals surface area contributed by atoms with Crippen LogP contribution >= 0.6 is 0 Å². The molecule has 2 rings (SSSR count). The molecule has 0 amide bonds. The molecule has 106 valence electrons. The van der Waals surface area contributed by atoms with Crippen LogP contribution in [0.25, 0.3) is 0 Å². The maximum Gasteiger partial charge on any atom is 0.0557 e. The van der Waals surface area contributed by atoms with Crippen molar-refractivity contribution in [2.45, 2.75) is 39.3 Å². The van der Waals surface area contributed by atoms with E-state index in [0.717, 1.165) is 26.1 Å². The van der Waals surface area contributed by atoms with E-state index in [2.05, 4.69) is 48.3 Å². The quantitative estimate of drug-likeness (QED) is 0.856. The van der Waals surface area contributed by atoms with Crippen LogP contribution in [0, 0.1) is 5.92 Å². The van der Waals surface area contributed by atoms with Gasteiger partial charge in [-0.1, -0.05) is 25.1 Å². The van der Waals surface area contributed by atoms with E-state index in [0.29, 0.717) is 12.0 Å². The van der Waals surface area contributed by atoms with E-state index in [9.17, 15) is 5.11 Å². The number of aliphatic hydroxyl groups is 1. The third kappa shape index (κ3) is 3.28. The topological polar surface area (TPSA) is 35.5 Å². The average molecular weight is 262 g/mol. The van der Waals surface area contributed by atoms with Crippen LogP contribution in [0.5, 0.6) is 0 Å². The van der Waals surface area contributed by atoms with Gasteiger partial charge in [-0.2, -0.15) is 0 Å². The molecule has 1 aromatic rings. The van der Waals surface area contributed by atoms with E-state index in [1.807, 2.05) is 6.92 Å². The van der Waals surface area contributed by atoms with Crippen LogP contribution < -0.4 is 10.2 Å². The minimum Gasteiger partial charge on any atom is -0.393 e. The SMILES string of the molecule is CCNC(C)c1ccccc1N1CCC(C(C)O)C1. The number of hydrogen-bond acceptors (Lipinski definition) is 3. The number of nitrogens with zero attached hydrogens (tertiary/aromatic N) is 1. The summed E-state index contributed by atoms with van der Waals surface area (Å²) in [6.45, 7) is 9.25. The Labute approximate surface area is 116 Å². The van der Waals surface area contributed by atoms with Gasteiger partial charge in [-0.15, -0.1) is 0 Å². The number of anilines is 1. The Morgan fingerprint density at radius 3 is 2.74 bits per heavy atom. The lowest BCUT2D eigenvalue weighted by atomic mass is 10.0. The van der Waals surface area contributed by atoms with E-state index >= 15 is 0 Å². The second-order valence-corrected chi connectivity index (χ2v) is 5.57. The van der Waals surface area contributed by atoms with E-state index < -0.39 is 0 Å². The average Bonchev–Trinajstić information content (AvgIpc) is 2.88. The highest BCUT2D eigenvalue weighted by Gasteiger charge is 2.27. The van der Waals surface area contributed by atoms with Crippen LogP contribution in [0.3, 0.4) is 0 Å². The van der Waals surface area contributed by atoms with Crippen LogP contribution in [-0.4, -0.2) is 30.8 Å². The van der Waals surface area contributed by atoms with Crippen molar-refractivity contribution in [1.29, 1.82) is 0 Å². The van der Waals surface area contributed by atoms with Crippen LogP contribution in [0.1, 0.15) is 38.8 Å². The Morgan fingerprint density at radius 1 is 1.37 bits per heavy atom. The van der Waals surface area contributed by atoms with Crippen molar-refractivity contribution in [1.82, 2.24) is 5.32 Å². The van der Waals surface area contributed by atoms with Crippen LogP contribution in [0.2, 0.25) is 0 Å². The summed E-state index contributed by atoms with van der Waals surface area (Å²) >= 11 is 0. The number of hydrogen-bond donors (Lipinski definition) is 2. The summed E-state index contributed by atoms with van der Waals surface area (Å²) in [6.07, 6.45) is 0.880. The second-order valence-electron chi connectivity index (χ2n) is 5.57. The summed E-state index contributed by atoms with van der Waals surface area (Å²) in [5.41, 5.74) is 2.68. The number of aliphatic hydroxyl groups excluding tert-OH is 1. The van der Waals surface area contributed by atoms with Gasteiger partial charge in [-0.3, -0.25) is 0 Å². The van der Waals surface area contributed by atoms with Gasteiger partial charge in [0.05, 0.1) is 6.10 Å². The molecule has 3 heteroatoms. The van der Waals surface area contributed by atoms with Gasteiger partial charge >= 0.3 is 0 Å². The predicted molar refractivity (Wildman–Crippen MR) is 80.5 cm³/mol. The van der Waals surface area contributed by atoms with Gasteiger partial charge < -0.3 is 15.3 Å². The zero-order chi connectivity index (χ0) is 13.8. The Balaban J connectivity index is 2.16. The summed E-state index contributed by atoms with van der Waals surface area (Å²) in [4.78, 5) is 2.42. The van der Waals surface area contributed by atoms with Gasteiger partial charge in [-0.05, 0) is 38.4 Å². The molecule has 0 bridgehead atoms. The van der Waals surface area contributed by atoms with Crippen molar-refractivity contribution in [2.75, 3.05) is 24.5 Å². The molecule has 0 saturated carbocycles.